The van der Waals surface area contributed by atoms with Crippen LogP contribution in [0.2, 0.25) is 0 Å². The molecule has 1 N–H and O–H groups in total. The lowest BCUT2D eigenvalue weighted by atomic mass is 10.1. The molecular weight excluding hydrogens is 228 g/mol. The number of rotatable bonds is 3. The maximum Gasteiger partial charge on any atom is 0.333 e. The number of carboxylic acid groups (broad SMARTS) is 1. The Labute approximate surface area is 97.4 Å². The van der Waals surface area contributed by atoms with Crippen LogP contribution in [0, 0.1) is 0 Å². The van der Waals surface area contributed by atoms with Crippen LogP contribution in [0.4, 0.5) is 0 Å². The lowest BCUT2D eigenvalue weighted by molar-refractivity contribution is -0.146. The Morgan fingerprint density at radius 1 is 1.62 bits per heavy atom. The average Bonchev–Trinajstić information content (AvgIpc) is 2.88. The number of hydrogen-bond donors (Lipinski definition) is 1. The summed E-state index contributed by atoms with van der Waals surface area (Å²) in [4.78, 5) is 12.2. The normalized spacial score (nSPS) is 21.2. The summed E-state index contributed by atoms with van der Waals surface area (Å²) in [7, 11) is 0. The monoisotopic (exact) mass is 242 g/mol. The molecule has 0 aliphatic carbocycles. The first-order valence-corrected chi connectivity index (χ1v) is 6.29. The molecule has 7 heteroatoms. The Bertz CT molecular complexity index is 398. The SMILES string of the molecule is CC(C)(C(=O)O)n1nnc(C2CCSC2)n1. The molecule has 6 nitrogen and oxygen atoms in total. The highest BCUT2D eigenvalue weighted by Gasteiger charge is 2.33. The summed E-state index contributed by atoms with van der Waals surface area (Å²) in [6, 6.07) is 0. The van der Waals surface area contributed by atoms with Crippen LogP contribution in [0.1, 0.15) is 32.0 Å². The van der Waals surface area contributed by atoms with Crippen molar-refractivity contribution in [3.63, 3.8) is 0 Å². The summed E-state index contributed by atoms with van der Waals surface area (Å²) in [5.74, 6) is 2.14. The van der Waals surface area contributed by atoms with Gasteiger partial charge in [-0.2, -0.15) is 11.8 Å². The van der Waals surface area contributed by atoms with Gasteiger partial charge in [-0.1, -0.05) is 0 Å². The number of hydrogen-bond acceptors (Lipinski definition) is 5. The summed E-state index contributed by atoms with van der Waals surface area (Å²) >= 11 is 1.87. The Morgan fingerprint density at radius 2 is 2.38 bits per heavy atom. The van der Waals surface area contributed by atoms with Crippen LogP contribution in [0.5, 0.6) is 0 Å². The van der Waals surface area contributed by atoms with Gasteiger partial charge in [0.2, 0.25) is 0 Å². The zero-order valence-electron chi connectivity index (χ0n) is 9.25. The number of carbonyl (C=O) groups is 1. The molecule has 1 aromatic rings. The number of thioether (sulfide) groups is 1. The molecule has 88 valence electrons. The topological polar surface area (TPSA) is 80.9 Å². The highest BCUT2D eigenvalue weighted by molar-refractivity contribution is 7.99. The molecule has 0 radical (unpaired) electrons. The van der Waals surface area contributed by atoms with Gasteiger partial charge in [-0.25, -0.2) is 4.79 Å². The van der Waals surface area contributed by atoms with Crippen molar-refractivity contribution in [3.05, 3.63) is 5.82 Å². The van der Waals surface area contributed by atoms with Crippen molar-refractivity contribution in [1.29, 1.82) is 0 Å². The van der Waals surface area contributed by atoms with E-state index in [0.29, 0.717) is 11.7 Å². The number of aliphatic carboxylic acids is 1. The summed E-state index contributed by atoms with van der Waals surface area (Å²) in [6.07, 6.45) is 1.05. The van der Waals surface area contributed by atoms with Crippen molar-refractivity contribution in [1.82, 2.24) is 20.2 Å². The molecule has 1 saturated heterocycles. The Hall–Kier alpha value is -1.11. The zero-order chi connectivity index (χ0) is 11.8. The summed E-state index contributed by atoms with van der Waals surface area (Å²) < 4.78 is 0. The van der Waals surface area contributed by atoms with Crippen molar-refractivity contribution in [2.75, 3.05) is 11.5 Å². The van der Waals surface area contributed by atoms with Gasteiger partial charge in [-0.15, -0.1) is 15.0 Å². The minimum absolute atomic E-state index is 0.323. The molecule has 0 aromatic carbocycles. The first-order chi connectivity index (χ1) is 7.51. The van der Waals surface area contributed by atoms with Crippen LogP contribution in [0.25, 0.3) is 0 Å². The molecule has 0 saturated carbocycles. The number of tetrazole rings is 1. The summed E-state index contributed by atoms with van der Waals surface area (Å²) in [5.41, 5.74) is -1.14. The van der Waals surface area contributed by atoms with Crippen LogP contribution in [0.15, 0.2) is 0 Å². The van der Waals surface area contributed by atoms with E-state index in [2.05, 4.69) is 15.4 Å². The summed E-state index contributed by atoms with van der Waals surface area (Å²) in [5, 5.41) is 21.0. The number of aromatic nitrogens is 4. The highest BCUT2D eigenvalue weighted by atomic mass is 32.2. The fraction of sp³-hybridized carbons (Fsp3) is 0.778. The first-order valence-electron chi connectivity index (χ1n) is 5.13. The second kappa shape index (κ2) is 4.04. The van der Waals surface area contributed by atoms with E-state index in [1.54, 1.807) is 13.8 Å². The van der Waals surface area contributed by atoms with Crippen LogP contribution >= 0.6 is 11.8 Å². The molecule has 1 aliphatic rings. The lowest BCUT2D eigenvalue weighted by Gasteiger charge is -2.16. The predicted molar refractivity (Wildman–Crippen MR) is 59.5 cm³/mol. The molecule has 1 atom stereocenters. The molecule has 1 aromatic heterocycles. The van der Waals surface area contributed by atoms with E-state index in [4.69, 9.17) is 5.11 Å². The first kappa shape index (κ1) is 11.4. The van der Waals surface area contributed by atoms with Crippen molar-refractivity contribution in [2.45, 2.75) is 31.7 Å². The summed E-state index contributed by atoms with van der Waals surface area (Å²) in [6.45, 7) is 3.12. The average molecular weight is 242 g/mol. The van der Waals surface area contributed by atoms with E-state index >= 15 is 0 Å². The van der Waals surface area contributed by atoms with Gasteiger partial charge in [-0.3, -0.25) is 0 Å². The molecule has 2 rings (SSSR count). The van der Waals surface area contributed by atoms with Gasteiger partial charge in [-0.05, 0) is 31.2 Å². The Morgan fingerprint density at radius 3 is 2.94 bits per heavy atom. The van der Waals surface area contributed by atoms with E-state index in [1.807, 2.05) is 11.8 Å². The molecule has 0 spiro atoms. The maximum absolute atomic E-state index is 11.0. The molecule has 0 amide bonds. The number of carboxylic acids is 1. The van der Waals surface area contributed by atoms with Gasteiger partial charge < -0.3 is 5.11 Å². The van der Waals surface area contributed by atoms with E-state index in [1.165, 1.54) is 4.80 Å². The van der Waals surface area contributed by atoms with Crippen LogP contribution in [-0.4, -0.2) is 42.8 Å². The Balaban J connectivity index is 2.21. The molecule has 1 unspecified atom stereocenters. The molecular formula is C9H14N4O2S. The third-order valence-electron chi connectivity index (χ3n) is 2.75. The molecule has 1 aliphatic heterocycles. The second-order valence-corrected chi connectivity index (χ2v) is 5.51. The minimum atomic E-state index is -1.14. The van der Waals surface area contributed by atoms with Gasteiger partial charge >= 0.3 is 5.97 Å². The van der Waals surface area contributed by atoms with E-state index < -0.39 is 11.5 Å². The number of nitrogens with zero attached hydrogens (tertiary/aromatic N) is 4. The van der Waals surface area contributed by atoms with E-state index in [0.717, 1.165) is 17.9 Å². The van der Waals surface area contributed by atoms with Crippen molar-refractivity contribution in [2.24, 2.45) is 0 Å². The van der Waals surface area contributed by atoms with Gasteiger partial charge in [0.05, 0.1) is 0 Å². The molecule has 1 fully saturated rings. The smallest absolute Gasteiger partial charge is 0.333 e. The largest absolute Gasteiger partial charge is 0.479 e. The van der Waals surface area contributed by atoms with Crippen molar-refractivity contribution >= 4 is 17.7 Å². The van der Waals surface area contributed by atoms with Crippen LogP contribution in [0.3, 0.4) is 0 Å². The second-order valence-electron chi connectivity index (χ2n) is 4.36. The lowest BCUT2D eigenvalue weighted by Crippen LogP contribution is -2.37. The third-order valence-corrected chi connectivity index (χ3v) is 3.91. The van der Waals surface area contributed by atoms with Gasteiger partial charge in [0, 0.05) is 11.7 Å². The maximum atomic E-state index is 11.0. The van der Waals surface area contributed by atoms with E-state index in [9.17, 15) is 4.79 Å². The molecule has 16 heavy (non-hydrogen) atoms. The van der Waals surface area contributed by atoms with Crippen molar-refractivity contribution < 1.29 is 9.90 Å². The van der Waals surface area contributed by atoms with Crippen LogP contribution in [-0.2, 0) is 10.3 Å². The minimum Gasteiger partial charge on any atom is -0.479 e. The van der Waals surface area contributed by atoms with Gasteiger partial charge in [0.1, 0.15) is 0 Å². The zero-order valence-corrected chi connectivity index (χ0v) is 10.1. The van der Waals surface area contributed by atoms with Gasteiger partial charge in [0.15, 0.2) is 11.4 Å². The molecule has 2 heterocycles. The van der Waals surface area contributed by atoms with Crippen molar-refractivity contribution in [3.8, 4) is 0 Å². The fourth-order valence-corrected chi connectivity index (χ4v) is 2.67. The third kappa shape index (κ3) is 1.91. The Kier molecular flexibility index (Phi) is 2.88. The van der Waals surface area contributed by atoms with Gasteiger partial charge in [0.25, 0.3) is 0 Å². The highest BCUT2D eigenvalue weighted by Crippen LogP contribution is 2.30. The van der Waals surface area contributed by atoms with E-state index in [-0.39, 0.29) is 0 Å². The standard InChI is InChI=1S/C9H14N4O2S/c1-9(2,8(14)15)13-11-7(10-12-13)6-3-4-16-5-6/h6H,3-5H2,1-2H3,(H,14,15). The van der Waals surface area contributed by atoms with Crippen LogP contribution < -0.4 is 0 Å². The fourth-order valence-electron chi connectivity index (χ4n) is 1.45. The predicted octanol–water partition coefficient (Wildman–Crippen LogP) is 0.713. The molecule has 0 bridgehead atoms. The quantitative estimate of drug-likeness (QED) is 0.841.